The second-order valence-electron chi connectivity index (χ2n) is 3.48. The van der Waals surface area contributed by atoms with E-state index in [-0.39, 0.29) is 6.23 Å². The molecule has 0 radical (unpaired) electrons. The molecule has 4 nitrogen and oxygen atoms in total. The molecule has 1 heterocycles. The van der Waals surface area contributed by atoms with Crippen molar-refractivity contribution in [2.24, 2.45) is 5.73 Å². The molecular weight excluding hydrogens is 192 g/mol. The molecule has 1 aromatic carbocycles. The molecule has 0 amide bonds. The van der Waals surface area contributed by atoms with Gasteiger partial charge in [-0.15, -0.1) is 0 Å². The molecule has 1 fully saturated rings. The molecule has 0 spiro atoms. The number of nitrogens with zero attached hydrogens (tertiary/aromatic N) is 1. The highest BCUT2D eigenvalue weighted by atomic mass is 16.7. The number of hydrogen-bond donors (Lipinski definition) is 1. The molecule has 1 aliphatic rings. The molecule has 0 aromatic heterocycles. The standard InChI is InChI=1S/C11H16N2O2/c12-6-7-13(11-9-14-11)15-8-10-4-2-1-3-5-10/h1-5,11H,6-9,12H2. The van der Waals surface area contributed by atoms with E-state index in [0.717, 1.165) is 12.2 Å². The van der Waals surface area contributed by atoms with Crippen molar-refractivity contribution in [3.8, 4) is 0 Å². The van der Waals surface area contributed by atoms with Crippen molar-refractivity contribution in [3.05, 3.63) is 35.9 Å². The Morgan fingerprint density at radius 1 is 1.40 bits per heavy atom. The van der Waals surface area contributed by atoms with Crippen LogP contribution in [0.15, 0.2) is 30.3 Å². The number of benzene rings is 1. The average Bonchev–Trinajstić information content (AvgIpc) is 3.09. The first kappa shape index (κ1) is 10.6. The Hall–Kier alpha value is -0.940. The van der Waals surface area contributed by atoms with Gasteiger partial charge in [0.25, 0.3) is 0 Å². The van der Waals surface area contributed by atoms with Crippen LogP contribution in [0.1, 0.15) is 5.56 Å². The molecule has 4 heteroatoms. The minimum Gasteiger partial charge on any atom is -0.354 e. The van der Waals surface area contributed by atoms with Gasteiger partial charge in [-0.1, -0.05) is 30.3 Å². The molecule has 2 rings (SSSR count). The van der Waals surface area contributed by atoms with Crippen molar-refractivity contribution in [1.29, 1.82) is 0 Å². The second kappa shape index (κ2) is 5.23. The van der Waals surface area contributed by atoms with Crippen LogP contribution < -0.4 is 5.73 Å². The van der Waals surface area contributed by atoms with Crippen LogP contribution in [-0.2, 0) is 16.2 Å². The minimum absolute atomic E-state index is 0.109. The lowest BCUT2D eigenvalue weighted by atomic mass is 10.2. The van der Waals surface area contributed by atoms with E-state index in [1.165, 1.54) is 0 Å². The first-order valence-electron chi connectivity index (χ1n) is 5.15. The molecule has 1 saturated heterocycles. The number of rotatable bonds is 6. The van der Waals surface area contributed by atoms with Gasteiger partial charge in [-0.05, 0) is 5.56 Å². The van der Waals surface area contributed by atoms with Crippen LogP contribution in [0.4, 0.5) is 0 Å². The Labute approximate surface area is 89.5 Å². The van der Waals surface area contributed by atoms with Gasteiger partial charge in [-0.3, -0.25) is 4.84 Å². The monoisotopic (exact) mass is 208 g/mol. The molecule has 0 aliphatic carbocycles. The first-order valence-corrected chi connectivity index (χ1v) is 5.15. The maximum absolute atomic E-state index is 5.62. The third-order valence-electron chi connectivity index (χ3n) is 2.23. The maximum Gasteiger partial charge on any atom is 0.156 e. The zero-order chi connectivity index (χ0) is 10.5. The summed E-state index contributed by atoms with van der Waals surface area (Å²) >= 11 is 0. The number of nitrogens with two attached hydrogens (primary N) is 1. The van der Waals surface area contributed by atoms with Gasteiger partial charge in [0.15, 0.2) is 6.23 Å². The van der Waals surface area contributed by atoms with Gasteiger partial charge in [-0.25, -0.2) is 0 Å². The van der Waals surface area contributed by atoms with Crippen molar-refractivity contribution >= 4 is 0 Å². The Balaban J connectivity index is 1.80. The molecule has 0 bridgehead atoms. The molecule has 1 aromatic rings. The van der Waals surface area contributed by atoms with Crippen LogP contribution in [0.3, 0.4) is 0 Å². The van der Waals surface area contributed by atoms with Crippen molar-refractivity contribution in [3.63, 3.8) is 0 Å². The van der Waals surface area contributed by atoms with Gasteiger partial charge in [0.1, 0.15) is 0 Å². The van der Waals surface area contributed by atoms with Crippen LogP contribution in [0.2, 0.25) is 0 Å². The fourth-order valence-electron chi connectivity index (χ4n) is 1.36. The van der Waals surface area contributed by atoms with Crippen LogP contribution >= 0.6 is 0 Å². The smallest absolute Gasteiger partial charge is 0.156 e. The van der Waals surface area contributed by atoms with E-state index in [1.54, 1.807) is 0 Å². The van der Waals surface area contributed by atoms with E-state index >= 15 is 0 Å². The van der Waals surface area contributed by atoms with Crippen molar-refractivity contribution in [2.45, 2.75) is 12.8 Å². The first-order chi connectivity index (χ1) is 7.40. The lowest BCUT2D eigenvalue weighted by Crippen LogP contribution is -2.32. The Bertz CT molecular complexity index is 288. The Morgan fingerprint density at radius 2 is 2.13 bits per heavy atom. The highest BCUT2D eigenvalue weighted by Crippen LogP contribution is 2.16. The van der Waals surface area contributed by atoms with Crippen LogP contribution in [0, 0.1) is 0 Å². The van der Waals surface area contributed by atoms with Crippen LogP contribution in [0.25, 0.3) is 0 Å². The Kier molecular flexibility index (Phi) is 3.69. The highest BCUT2D eigenvalue weighted by molar-refractivity contribution is 5.13. The van der Waals surface area contributed by atoms with Gasteiger partial charge < -0.3 is 10.5 Å². The third-order valence-corrected chi connectivity index (χ3v) is 2.23. The fourth-order valence-corrected chi connectivity index (χ4v) is 1.36. The number of hydroxylamine groups is 2. The molecule has 2 N–H and O–H groups in total. The van der Waals surface area contributed by atoms with Gasteiger partial charge in [0.2, 0.25) is 0 Å². The summed E-state index contributed by atoms with van der Waals surface area (Å²) in [6, 6.07) is 10.1. The van der Waals surface area contributed by atoms with Gasteiger partial charge in [-0.2, -0.15) is 5.06 Å². The van der Waals surface area contributed by atoms with E-state index < -0.39 is 0 Å². The zero-order valence-corrected chi connectivity index (χ0v) is 8.63. The fraction of sp³-hybridized carbons (Fsp3) is 0.455. The zero-order valence-electron chi connectivity index (χ0n) is 8.63. The summed E-state index contributed by atoms with van der Waals surface area (Å²) in [5.41, 5.74) is 6.64. The molecule has 1 aliphatic heterocycles. The topological polar surface area (TPSA) is 51.0 Å². The highest BCUT2D eigenvalue weighted by Gasteiger charge is 2.30. The van der Waals surface area contributed by atoms with E-state index in [1.807, 2.05) is 35.4 Å². The number of epoxide rings is 1. The van der Waals surface area contributed by atoms with Gasteiger partial charge >= 0.3 is 0 Å². The molecular formula is C11H16N2O2. The SMILES string of the molecule is NCCN(OCc1ccccc1)C1CO1. The van der Waals surface area contributed by atoms with E-state index in [4.69, 9.17) is 15.3 Å². The summed E-state index contributed by atoms with van der Waals surface area (Å²) in [4.78, 5) is 5.62. The summed E-state index contributed by atoms with van der Waals surface area (Å²) in [6.45, 7) is 2.60. The minimum atomic E-state index is 0.109. The largest absolute Gasteiger partial charge is 0.354 e. The van der Waals surface area contributed by atoms with Crippen molar-refractivity contribution < 1.29 is 9.57 Å². The third kappa shape index (κ3) is 3.28. The summed E-state index contributed by atoms with van der Waals surface area (Å²) in [5.74, 6) is 0. The predicted molar refractivity (Wildman–Crippen MR) is 56.7 cm³/mol. The quantitative estimate of drug-likeness (QED) is 0.553. The van der Waals surface area contributed by atoms with Crippen LogP contribution in [-0.4, -0.2) is 31.0 Å². The van der Waals surface area contributed by atoms with Gasteiger partial charge in [0.05, 0.1) is 13.2 Å². The summed E-state index contributed by atoms with van der Waals surface area (Å²) in [5, 5.41) is 1.81. The lowest BCUT2D eigenvalue weighted by molar-refractivity contribution is -0.191. The predicted octanol–water partition coefficient (Wildman–Crippen LogP) is 0.735. The second-order valence-corrected chi connectivity index (χ2v) is 3.48. The average molecular weight is 208 g/mol. The number of ether oxygens (including phenoxy) is 1. The molecule has 1 unspecified atom stereocenters. The summed E-state index contributed by atoms with van der Waals surface area (Å²) < 4.78 is 5.16. The lowest BCUT2D eigenvalue weighted by Gasteiger charge is -2.18. The number of hydrogen-bond acceptors (Lipinski definition) is 4. The van der Waals surface area contributed by atoms with Crippen molar-refractivity contribution in [2.75, 3.05) is 19.7 Å². The van der Waals surface area contributed by atoms with Gasteiger partial charge in [0, 0.05) is 13.1 Å². The summed E-state index contributed by atoms with van der Waals surface area (Å²) in [6.07, 6.45) is 0.109. The van der Waals surface area contributed by atoms with E-state index in [9.17, 15) is 0 Å². The van der Waals surface area contributed by atoms with E-state index in [0.29, 0.717) is 19.7 Å². The molecule has 0 saturated carbocycles. The van der Waals surface area contributed by atoms with E-state index in [2.05, 4.69) is 0 Å². The molecule has 1 atom stereocenters. The normalized spacial score (nSPS) is 19.5. The summed E-state index contributed by atoms with van der Waals surface area (Å²) in [7, 11) is 0. The molecule has 15 heavy (non-hydrogen) atoms. The molecule has 82 valence electrons. The van der Waals surface area contributed by atoms with Crippen LogP contribution in [0.5, 0.6) is 0 Å². The van der Waals surface area contributed by atoms with Crippen molar-refractivity contribution in [1.82, 2.24) is 5.06 Å². The Morgan fingerprint density at radius 3 is 2.73 bits per heavy atom. The maximum atomic E-state index is 5.62.